The van der Waals surface area contributed by atoms with Gasteiger partial charge in [-0.3, -0.25) is 10.1 Å². The molecule has 0 saturated carbocycles. The highest BCUT2D eigenvalue weighted by Gasteiger charge is 2.34. The van der Waals surface area contributed by atoms with E-state index in [0.29, 0.717) is 28.0 Å². The predicted molar refractivity (Wildman–Crippen MR) is 165 cm³/mol. The molecule has 0 saturated heterocycles. The van der Waals surface area contributed by atoms with E-state index in [9.17, 15) is 14.7 Å². The van der Waals surface area contributed by atoms with Crippen LogP contribution in [0, 0.1) is 5.41 Å². The second-order valence-electron chi connectivity index (χ2n) is 10.4. The van der Waals surface area contributed by atoms with Crippen molar-refractivity contribution in [2.45, 2.75) is 20.0 Å². The highest BCUT2D eigenvalue weighted by Crippen LogP contribution is 2.43. The Balaban J connectivity index is 1.48. The Morgan fingerprint density at radius 2 is 1.41 bits per heavy atom. The lowest BCUT2D eigenvalue weighted by Gasteiger charge is -2.32. The number of aromatic hydroxyl groups is 1. The fourth-order valence-corrected chi connectivity index (χ4v) is 4.90. The zero-order valence-corrected chi connectivity index (χ0v) is 22.8. The van der Waals surface area contributed by atoms with Crippen LogP contribution in [0.2, 0.25) is 0 Å². The molecule has 2 amide bonds. The lowest BCUT2D eigenvalue weighted by Crippen LogP contribution is -2.28. The van der Waals surface area contributed by atoms with Crippen molar-refractivity contribution in [3.63, 3.8) is 0 Å². The van der Waals surface area contributed by atoms with E-state index in [-0.39, 0.29) is 11.7 Å². The summed E-state index contributed by atoms with van der Waals surface area (Å²) in [6, 6.07) is 31.1. The quantitative estimate of drug-likeness (QED) is 0.123. The van der Waals surface area contributed by atoms with Crippen molar-refractivity contribution in [3.05, 3.63) is 121 Å². The van der Waals surface area contributed by atoms with Gasteiger partial charge in [0, 0.05) is 21.8 Å². The van der Waals surface area contributed by atoms with Gasteiger partial charge in [-0.1, -0.05) is 98.8 Å². The summed E-state index contributed by atoms with van der Waals surface area (Å²) in [4.78, 5) is 26.2. The Labute approximate surface area is 238 Å². The van der Waals surface area contributed by atoms with Crippen molar-refractivity contribution in [2.75, 3.05) is 16.4 Å². The molecule has 0 aromatic heterocycles. The van der Waals surface area contributed by atoms with Crippen LogP contribution in [0.1, 0.15) is 25.5 Å². The maximum Gasteiger partial charge on any atom is 0.412 e. The number of anilines is 3. The van der Waals surface area contributed by atoms with Crippen LogP contribution in [-0.4, -0.2) is 17.1 Å². The van der Waals surface area contributed by atoms with Crippen molar-refractivity contribution >= 4 is 50.6 Å². The fraction of sp³-hybridized carbons (Fsp3) is 0.118. The molecule has 0 radical (unpaired) electrons. The number of phenolic OH excluding ortho intramolecular Hbond substituents is 1. The van der Waals surface area contributed by atoms with Crippen molar-refractivity contribution in [3.8, 4) is 5.75 Å². The largest absolute Gasteiger partial charge is 0.507 e. The van der Waals surface area contributed by atoms with Crippen LogP contribution in [0.25, 0.3) is 21.5 Å². The molecule has 0 bridgehead atoms. The number of hydrogen-bond acceptors (Lipinski definition) is 5. The monoisotopic (exact) mass is 545 g/mol. The number of amides is 2. The summed E-state index contributed by atoms with van der Waals surface area (Å²) in [5, 5.41) is 19.4. The number of carbonyl (C=O) groups excluding carboxylic acids is 2. The average Bonchev–Trinajstić information content (AvgIpc) is 2.97. The minimum absolute atomic E-state index is 0.122. The van der Waals surface area contributed by atoms with Crippen molar-refractivity contribution in [1.29, 1.82) is 0 Å². The number of phenols is 1. The van der Waals surface area contributed by atoms with Crippen molar-refractivity contribution in [2.24, 2.45) is 5.41 Å². The predicted octanol–water partition coefficient (Wildman–Crippen LogP) is 7.79. The molecule has 1 atom stereocenters. The van der Waals surface area contributed by atoms with E-state index in [4.69, 9.17) is 10.5 Å². The third-order valence-electron chi connectivity index (χ3n) is 7.03. The molecule has 5 aromatic carbocycles. The third-order valence-corrected chi connectivity index (χ3v) is 7.03. The first-order valence-electron chi connectivity index (χ1n) is 13.2. The lowest BCUT2D eigenvalue weighted by atomic mass is 9.80. The molecule has 0 spiro atoms. The van der Waals surface area contributed by atoms with Gasteiger partial charge in [0.2, 0.25) is 5.91 Å². The highest BCUT2D eigenvalue weighted by molar-refractivity contribution is 6.02. The lowest BCUT2D eigenvalue weighted by molar-refractivity contribution is -0.112. The van der Waals surface area contributed by atoms with E-state index in [1.807, 2.05) is 80.6 Å². The number of nitrogen functional groups attached to an aromatic ring is 1. The number of rotatable bonds is 7. The molecular weight excluding hydrogens is 514 g/mol. The summed E-state index contributed by atoms with van der Waals surface area (Å²) in [5.41, 5.74) is 7.39. The Hall–Kier alpha value is -5.30. The first-order valence-corrected chi connectivity index (χ1v) is 13.2. The molecule has 41 heavy (non-hydrogen) atoms. The summed E-state index contributed by atoms with van der Waals surface area (Å²) < 4.78 is 6.14. The van der Waals surface area contributed by atoms with Gasteiger partial charge in [0.25, 0.3) is 0 Å². The number of benzene rings is 5. The molecule has 0 aliphatic carbocycles. The number of nitrogens with two attached hydrogens (primary N) is 1. The minimum Gasteiger partial charge on any atom is -0.507 e. The number of para-hydroxylation sites is 2. The molecule has 5 rings (SSSR count). The summed E-state index contributed by atoms with van der Waals surface area (Å²) in [5.74, 6) is -0.248. The zero-order chi connectivity index (χ0) is 29.0. The number of hydrogen-bond donors (Lipinski definition) is 4. The fourth-order valence-electron chi connectivity index (χ4n) is 4.90. The maximum absolute atomic E-state index is 13.4. The molecular formula is C34H31N3O4. The number of fused-ring (bicyclic) bond motifs is 2. The van der Waals surface area contributed by atoms with E-state index in [0.717, 1.165) is 16.2 Å². The Morgan fingerprint density at radius 3 is 2.20 bits per heavy atom. The molecule has 5 aromatic rings. The Bertz CT molecular complexity index is 1770. The van der Waals surface area contributed by atoms with Gasteiger partial charge in [0.05, 0.1) is 17.1 Å². The molecule has 0 unspecified atom stereocenters. The Kier molecular flexibility index (Phi) is 7.61. The summed E-state index contributed by atoms with van der Waals surface area (Å²) in [6.45, 7) is 3.76. The topological polar surface area (TPSA) is 114 Å². The van der Waals surface area contributed by atoms with Gasteiger partial charge >= 0.3 is 6.09 Å². The first-order chi connectivity index (χ1) is 19.7. The van der Waals surface area contributed by atoms with Crippen molar-refractivity contribution in [1.82, 2.24) is 0 Å². The van der Waals surface area contributed by atoms with Gasteiger partial charge in [-0.2, -0.15) is 0 Å². The highest BCUT2D eigenvalue weighted by atomic mass is 16.6. The van der Waals surface area contributed by atoms with Gasteiger partial charge in [-0.15, -0.1) is 0 Å². The van der Waals surface area contributed by atoms with Crippen LogP contribution in [0.5, 0.6) is 5.75 Å². The van der Waals surface area contributed by atoms with Gasteiger partial charge in [-0.25, -0.2) is 4.79 Å². The molecule has 7 heteroatoms. The normalized spacial score (nSPS) is 12.3. The van der Waals surface area contributed by atoms with Crippen LogP contribution in [0.15, 0.2) is 115 Å². The molecule has 0 heterocycles. The smallest absolute Gasteiger partial charge is 0.412 e. The van der Waals surface area contributed by atoms with Crippen LogP contribution >= 0.6 is 0 Å². The minimum atomic E-state index is -0.852. The molecule has 0 fully saturated rings. The summed E-state index contributed by atoms with van der Waals surface area (Å²) >= 11 is 0. The molecule has 206 valence electrons. The van der Waals surface area contributed by atoms with Crippen LogP contribution < -0.4 is 16.4 Å². The van der Waals surface area contributed by atoms with E-state index in [1.54, 1.807) is 42.5 Å². The summed E-state index contributed by atoms with van der Waals surface area (Å²) in [7, 11) is 0. The molecule has 0 aliphatic rings. The number of ether oxygens (including phenoxy) is 1. The van der Waals surface area contributed by atoms with E-state index >= 15 is 0 Å². The Morgan fingerprint density at radius 1 is 0.780 bits per heavy atom. The van der Waals surface area contributed by atoms with Gasteiger partial charge < -0.3 is 20.9 Å². The first kappa shape index (κ1) is 27.3. The molecule has 7 nitrogen and oxygen atoms in total. The standard InChI is InChI=1S/C34H31N3O4/c1-34(2,21-20-31(39)36-29-16-8-7-15-27(29)35)32(26-18-19-30(38)25-14-6-5-13-24(25)26)41-33(40)37-28-17-9-11-22-10-3-4-12-23(22)28/h3-21,32,38H,35H2,1-2H3,(H,36,39)(H,37,40)/b21-20+/t32-/m1/s1. The maximum atomic E-state index is 13.4. The van der Waals surface area contributed by atoms with E-state index < -0.39 is 17.6 Å². The SMILES string of the molecule is CC(C)(/C=C/C(=O)Nc1ccccc1N)[C@H](OC(=O)Nc1cccc2ccccc12)c1ccc(O)c2ccccc12. The molecule has 0 aliphatic heterocycles. The number of nitrogens with one attached hydrogen (secondary N) is 2. The van der Waals surface area contributed by atoms with E-state index in [2.05, 4.69) is 10.6 Å². The summed E-state index contributed by atoms with van der Waals surface area (Å²) in [6.07, 6.45) is 1.65. The average molecular weight is 546 g/mol. The third kappa shape index (κ3) is 5.99. The number of carbonyl (C=O) groups is 2. The zero-order valence-electron chi connectivity index (χ0n) is 22.8. The van der Waals surface area contributed by atoms with Crippen LogP contribution in [0.4, 0.5) is 21.9 Å². The van der Waals surface area contributed by atoms with Gasteiger partial charge in [0.15, 0.2) is 0 Å². The second-order valence-corrected chi connectivity index (χ2v) is 10.4. The van der Waals surface area contributed by atoms with Crippen molar-refractivity contribution < 1.29 is 19.4 Å². The van der Waals surface area contributed by atoms with Gasteiger partial charge in [-0.05, 0) is 41.1 Å². The molecule has 5 N–H and O–H groups in total. The van der Waals surface area contributed by atoms with Crippen LogP contribution in [-0.2, 0) is 9.53 Å². The van der Waals surface area contributed by atoms with Crippen LogP contribution in [0.3, 0.4) is 0 Å². The van der Waals surface area contributed by atoms with E-state index in [1.165, 1.54) is 6.08 Å². The van der Waals surface area contributed by atoms with Gasteiger partial charge in [0.1, 0.15) is 11.9 Å². The second kappa shape index (κ2) is 11.4.